The Hall–Kier alpha value is -3.70. The molecule has 32 heavy (non-hydrogen) atoms. The fraction of sp³-hybridized carbons (Fsp3) is 0.200. The van der Waals surface area contributed by atoms with Crippen LogP contribution in [-0.4, -0.2) is 49.3 Å². The number of aliphatic hydroxyl groups is 1. The summed E-state index contributed by atoms with van der Waals surface area (Å²) in [4.78, 5) is 29.3. The van der Waals surface area contributed by atoms with Gasteiger partial charge in [-0.1, -0.05) is 11.6 Å². The van der Waals surface area contributed by atoms with Gasteiger partial charge in [0.25, 0.3) is 5.91 Å². The number of carbonyl (C=O) groups excluding carboxylic acids is 2. The van der Waals surface area contributed by atoms with Crippen LogP contribution in [0.5, 0.6) is 0 Å². The lowest BCUT2D eigenvalue weighted by molar-refractivity contribution is -0.125. The Kier molecular flexibility index (Phi) is 4.91. The number of halogens is 2. The number of nitrogens with one attached hydrogen (secondary N) is 3. The highest BCUT2D eigenvalue weighted by molar-refractivity contribution is 6.30. The molecule has 12 heteroatoms. The van der Waals surface area contributed by atoms with E-state index in [2.05, 4.69) is 26.0 Å². The number of carbonyl (C=O) groups is 2. The van der Waals surface area contributed by atoms with Crippen LogP contribution in [0, 0.1) is 5.82 Å². The molecule has 0 atom stereocenters. The minimum atomic E-state index is -0.732. The summed E-state index contributed by atoms with van der Waals surface area (Å²) in [6.45, 7) is -0.732. The molecule has 1 saturated carbocycles. The van der Waals surface area contributed by atoms with E-state index in [9.17, 15) is 19.1 Å². The lowest BCUT2D eigenvalue weighted by Gasteiger charge is -2.12. The average Bonchev–Trinajstić information content (AvgIpc) is 3.42. The number of fused-ring (bicyclic) bond motifs is 1. The zero-order chi connectivity index (χ0) is 22.4. The molecule has 0 unspecified atom stereocenters. The van der Waals surface area contributed by atoms with Gasteiger partial charge < -0.3 is 21.1 Å². The molecule has 3 amide bonds. The van der Waals surface area contributed by atoms with Crippen molar-refractivity contribution in [3.8, 4) is 0 Å². The Morgan fingerprint density at radius 1 is 1.31 bits per heavy atom. The predicted octanol–water partition coefficient (Wildman–Crippen LogP) is 2.68. The third-order valence-electron chi connectivity index (χ3n) is 5.02. The van der Waals surface area contributed by atoms with Crippen LogP contribution in [0.15, 0.2) is 36.2 Å². The Labute approximate surface area is 185 Å². The highest BCUT2D eigenvalue weighted by Gasteiger charge is 2.33. The predicted molar refractivity (Wildman–Crippen MR) is 115 cm³/mol. The maximum Gasteiger partial charge on any atom is 0.330 e. The zero-order valence-corrected chi connectivity index (χ0v) is 17.2. The van der Waals surface area contributed by atoms with Gasteiger partial charge in [0.2, 0.25) is 0 Å². The number of amides is 3. The molecule has 0 spiro atoms. The van der Waals surface area contributed by atoms with Crippen molar-refractivity contribution in [1.29, 1.82) is 0 Å². The number of rotatable bonds is 6. The molecule has 4 N–H and O–H groups in total. The van der Waals surface area contributed by atoms with Crippen molar-refractivity contribution in [3.05, 3.63) is 52.6 Å². The molecule has 3 aromatic rings. The number of aliphatic hydroxyl groups excluding tert-OH is 1. The van der Waals surface area contributed by atoms with E-state index in [1.54, 1.807) is 10.6 Å². The summed E-state index contributed by atoms with van der Waals surface area (Å²) in [6, 6.07) is 5.43. The molecule has 2 fully saturated rings. The van der Waals surface area contributed by atoms with Crippen molar-refractivity contribution in [2.45, 2.75) is 18.9 Å². The SMILES string of the molecule is O=C1N/C(=C/c2cnn3c(NC4CC4)cc(Nc4cc(Cl)ccc4F)nc23)C(=O)N1CO. The van der Waals surface area contributed by atoms with Gasteiger partial charge >= 0.3 is 6.03 Å². The topological polar surface area (TPSA) is 124 Å². The van der Waals surface area contributed by atoms with Crippen molar-refractivity contribution in [1.82, 2.24) is 24.8 Å². The van der Waals surface area contributed by atoms with E-state index in [1.807, 2.05) is 0 Å². The van der Waals surface area contributed by atoms with E-state index in [0.29, 0.717) is 38.8 Å². The molecule has 0 bridgehead atoms. The van der Waals surface area contributed by atoms with E-state index in [1.165, 1.54) is 30.5 Å². The van der Waals surface area contributed by atoms with Gasteiger partial charge in [0.1, 0.15) is 29.9 Å². The molecule has 164 valence electrons. The third-order valence-corrected chi connectivity index (χ3v) is 5.26. The molecule has 0 radical (unpaired) electrons. The molecule has 2 aliphatic rings. The molecule has 2 aromatic heterocycles. The van der Waals surface area contributed by atoms with Crippen molar-refractivity contribution < 1.29 is 19.1 Å². The molecule has 10 nitrogen and oxygen atoms in total. The van der Waals surface area contributed by atoms with Gasteiger partial charge in [-0.05, 0) is 37.1 Å². The van der Waals surface area contributed by atoms with Crippen LogP contribution in [0.4, 0.5) is 26.5 Å². The van der Waals surface area contributed by atoms with E-state index < -0.39 is 24.5 Å². The largest absolute Gasteiger partial charge is 0.376 e. The number of imide groups is 1. The fourth-order valence-corrected chi connectivity index (χ4v) is 3.44. The van der Waals surface area contributed by atoms with Gasteiger partial charge in [-0.2, -0.15) is 9.61 Å². The number of anilines is 3. The van der Waals surface area contributed by atoms with Gasteiger partial charge in [-0.25, -0.2) is 19.1 Å². The van der Waals surface area contributed by atoms with Crippen molar-refractivity contribution in [3.63, 3.8) is 0 Å². The average molecular weight is 458 g/mol. The van der Waals surface area contributed by atoms with Crippen LogP contribution >= 0.6 is 11.6 Å². The van der Waals surface area contributed by atoms with E-state index in [0.717, 1.165) is 12.8 Å². The molecular formula is C20H17ClFN7O3. The van der Waals surface area contributed by atoms with Crippen molar-refractivity contribution >= 4 is 52.6 Å². The molecule has 1 aliphatic carbocycles. The number of nitrogens with zero attached hydrogens (tertiary/aromatic N) is 4. The summed E-state index contributed by atoms with van der Waals surface area (Å²) in [5.41, 5.74) is 0.958. The van der Waals surface area contributed by atoms with E-state index in [4.69, 9.17) is 11.6 Å². The maximum absolute atomic E-state index is 14.2. The monoisotopic (exact) mass is 457 g/mol. The quantitative estimate of drug-likeness (QED) is 0.331. The van der Waals surface area contributed by atoms with Gasteiger partial charge in [-0.15, -0.1) is 0 Å². The maximum atomic E-state index is 14.2. The lowest BCUT2D eigenvalue weighted by Crippen LogP contribution is -2.31. The first-order chi connectivity index (χ1) is 15.4. The standard InChI is InChI=1S/C20H17ClFN7O3/c21-11-1-4-13(22)14(6-11)25-16-7-17(24-12-2-3-12)29-18(27-16)10(8-23-29)5-15-19(31)28(9-30)20(32)26-15/h1,4-8,12,24,30H,2-3,9H2,(H,25,27)(H,26,32)/b15-5+. The highest BCUT2D eigenvalue weighted by atomic mass is 35.5. The first kappa shape index (κ1) is 20.2. The fourth-order valence-electron chi connectivity index (χ4n) is 3.27. The minimum Gasteiger partial charge on any atom is -0.376 e. The summed E-state index contributed by atoms with van der Waals surface area (Å²) in [5, 5.41) is 22.6. The second-order valence-electron chi connectivity index (χ2n) is 7.39. The van der Waals surface area contributed by atoms with Gasteiger partial charge in [0.15, 0.2) is 5.65 Å². The number of hydrogen-bond acceptors (Lipinski definition) is 7. The Balaban J connectivity index is 1.57. The normalized spacial score (nSPS) is 17.3. The van der Waals surface area contributed by atoms with Gasteiger partial charge in [-0.3, -0.25) is 4.79 Å². The van der Waals surface area contributed by atoms with Crippen molar-refractivity contribution in [2.24, 2.45) is 0 Å². The molecular weight excluding hydrogens is 441 g/mol. The molecule has 3 heterocycles. The van der Waals surface area contributed by atoms with E-state index in [-0.39, 0.29) is 11.4 Å². The number of urea groups is 1. The molecule has 1 aromatic carbocycles. The van der Waals surface area contributed by atoms with Crippen LogP contribution in [0.2, 0.25) is 5.02 Å². The molecule has 1 aliphatic heterocycles. The summed E-state index contributed by atoms with van der Waals surface area (Å²) in [5.74, 6) is -0.193. The van der Waals surface area contributed by atoms with E-state index >= 15 is 0 Å². The summed E-state index contributed by atoms with van der Waals surface area (Å²) < 4.78 is 15.8. The van der Waals surface area contributed by atoms with Crippen LogP contribution in [0.1, 0.15) is 18.4 Å². The lowest BCUT2D eigenvalue weighted by atomic mass is 10.2. The molecule has 5 rings (SSSR count). The summed E-state index contributed by atoms with van der Waals surface area (Å²) >= 11 is 5.99. The van der Waals surface area contributed by atoms with Crippen LogP contribution in [-0.2, 0) is 4.79 Å². The number of hydrogen-bond donors (Lipinski definition) is 4. The second-order valence-corrected chi connectivity index (χ2v) is 7.83. The third kappa shape index (κ3) is 3.72. The Morgan fingerprint density at radius 3 is 2.84 bits per heavy atom. The molecule has 1 saturated heterocycles. The highest BCUT2D eigenvalue weighted by Crippen LogP contribution is 2.29. The van der Waals surface area contributed by atoms with Gasteiger partial charge in [0, 0.05) is 22.7 Å². The van der Waals surface area contributed by atoms with Crippen LogP contribution in [0.3, 0.4) is 0 Å². The second kappa shape index (κ2) is 7.77. The first-order valence-corrected chi connectivity index (χ1v) is 10.1. The summed E-state index contributed by atoms with van der Waals surface area (Å²) in [6.07, 6.45) is 4.96. The van der Waals surface area contributed by atoms with Gasteiger partial charge in [0.05, 0.1) is 11.9 Å². The first-order valence-electron chi connectivity index (χ1n) is 9.76. The van der Waals surface area contributed by atoms with Crippen molar-refractivity contribution in [2.75, 3.05) is 17.4 Å². The number of benzene rings is 1. The smallest absolute Gasteiger partial charge is 0.330 e. The van der Waals surface area contributed by atoms with Crippen LogP contribution in [0.25, 0.3) is 11.7 Å². The zero-order valence-electron chi connectivity index (χ0n) is 16.5. The Morgan fingerprint density at radius 2 is 2.12 bits per heavy atom. The number of aromatic nitrogens is 3. The summed E-state index contributed by atoms with van der Waals surface area (Å²) in [7, 11) is 0. The van der Waals surface area contributed by atoms with Crippen LogP contribution < -0.4 is 16.0 Å². The minimum absolute atomic E-state index is 0.0169. The Bertz CT molecular complexity index is 1290.